The maximum atomic E-state index is 12.2. The zero-order chi connectivity index (χ0) is 19.8. The van der Waals surface area contributed by atoms with Crippen molar-refractivity contribution in [3.05, 3.63) is 54.1 Å². The smallest absolute Gasteiger partial charge is 0.265 e. The van der Waals surface area contributed by atoms with E-state index in [4.69, 9.17) is 9.47 Å². The molecule has 0 bridgehead atoms. The molecule has 2 aromatic rings. The topological polar surface area (TPSA) is 75.2 Å². The number of methoxy groups -OCH3 is 1. The highest BCUT2D eigenvalue weighted by atomic mass is 16.5. The average molecular weight is 382 g/mol. The van der Waals surface area contributed by atoms with Crippen LogP contribution in [0, 0.1) is 0 Å². The molecule has 0 unspecified atom stereocenters. The van der Waals surface area contributed by atoms with Crippen LogP contribution >= 0.6 is 0 Å². The van der Waals surface area contributed by atoms with Gasteiger partial charge in [-0.15, -0.1) is 0 Å². The number of nitrogens with one attached hydrogen (secondary N) is 2. The SMILES string of the molecule is CN=C(NCCCN1C(=O)COc2ccccc21)NCc1cccc(OC)c1. The van der Waals surface area contributed by atoms with Gasteiger partial charge in [0.05, 0.1) is 12.8 Å². The molecule has 0 aromatic heterocycles. The van der Waals surface area contributed by atoms with Crippen molar-refractivity contribution in [1.82, 2.24) is 10.6 Å². The first-order valence-electron chi connectivity index (χ1n) is 9.31. The van der Waals surface area contributed by atoms with Crippen LogP contribution in [0.15, 0.2) is 53.5 Å². The number of benzene rings is 2. The molecule has 0 saturated heterocycles. The van der Waals surface area contributed by atoms with Gasteiger partial charge >= 0.3 is 0 Å². The largest absolute Gasteiger partial charge is 0.497 e. The summed E-state index contributed by atoms with van der Waals surface area (Å²) in [4.78, 5) is 18.2. The molecule has 1 amide bonds. The van der Waals surface area contributed by atoms with Crippen molar-refractivity contribution in [3.63, 3.8) is 0 Å². The summed E-state index contributed by atoms with van der Waals surface area (Å²) in [6.45, 7) is 2.06. The zero-order valence-corrected chi connectivity index (χ0v) is 16.3. The van der Waals surface area contributed by atoms with Crippen LogP contribution in [-0.2, 0) is 11.3 Å². The van der Waals surface area contributed by atoms with E-state index in [1.807, 2.05) is 48.5 Å². The Kier molecular flexibility index (Phi) is 6.73. The van der Waals surface area contributed by atoms with Gasteiger partial charge in [-0.25, -0.2) is 0 Å². The molecule has 0 fully saturated rings. The van der Waals surface area contributed by atoms with E-state index in [-0.39, 0.29) is 12.5 Å². The van der Waals surface area contributed by atoms with Gasteiger partial charge in [0.25, 0.3) is 5.91 Å². The third kappa shape index (κ3) is 4.94. The lowest BCUT2D eigenvalue weighted by Gasteiger charge is -2.29. The van der Waals surface area contributed by atoms with E-state index in [0.29, 0.717) is 19.6 Å². The van der Waals surface area contributed by atoms with Crippen LogP contribution < -0.4 is 25.0 Å². The van der Waals surface area contributed by atoms with E-state index >= 15 is 0 Å². The lowest BCUT2D eigenvalue weighted by Crippen LogP contribution is -2.41. The van der Waals surface area contributed by atoms with Crippen LogP contribution in [0.3, 0.4) is 0 Å². The molecule has 28 heavy (non-hydrogen) atoms. The molecular formula is C21H26N4O3. The Morgan fingerprint density at radius 3 is 2.89 bits per heavy atom. The number of hydrogen-bond donors (Lipinski definition) is 2. The summed E-state index contributed by atoms with van der Waals surface area (Å²) < 4.78 is 10.7. The summed E-state index contributed by atoms with van der Waals surface area (Å²) in [5, 5.41) is 6.57. The van der Waals surface area contributed by atoms with Crippen LogP contribution in [0.2, 0.25) is 0 Å². The predicted octanol–water partition coefficient (Wildman–Crippen LogP) is 2.18. The highest BCUT2D eigenvalue weighted by Gasteiger charge is 2.24. The van der Waals surface area contributed by atoms with Crippen molar-refractivity contribution in [2.75, 3.05) is 38.8 Å². The summed E-state index contributed by atoms with van der Waals surface area (Å²) in [6, 6.07) is 15.5. The first-order valence-corrected chi connectivity index (χ1v) is 9.31. The standard InChI is InChI=1S/C21H26N4O3/c1-22-21(24-14-16-7-5-8-17(13-16)27-2)23-11-6-12-25-18-9-3-4-10-19(18)28-15-20(25)26/h3-5,7-10,13H,6,11-12,14-15H2,1-2H3,(H2,22,23,24). The number of aliphatic imine (C=N–C) groups is 1. The number of amides is 1. The minimum atomic E-state index is -0.0146. The van der Waals surface area contributed by atoms with Gasteiger partial charge < -0.3 is 25.0 Å². The quantitative estimate of drug-likeness (QED) is 0.436. The van der Waals surface area contributed by atoms with Gasteiger partial charge in [-0.1, -0.05) is 24.3 Å². The molecule has 2 N–H and O–H groups in total. The van der Waals surface area contributed by atoms with Crippen LogP contribution in [0.5, 0.6) is 11.5 Å². The number of rotatable bonds is 7. The van der Waals surface area contributed by atoms with Crippen LogP contribution in [-0.4, -0.2) is 45.7 Å². The lowest BCUT2D eigenvalue weighted by atomic mass is 10.2. The molecule has 0 saturated carbocycles. The van der Waals surface area contributed by atoms with Gasteiger partial charge in [0, 0.05) is 26.7 Å². The second kappa shape index (κ2) is 9.64. The van der Waals surface area contributed by atoms with Crippen molar-refractivity contribution in [1.29, 1.82) is 0 Å². The molecule has 2 aromatic carbocycles. The molecule has 1 aliphatic rings. The fourth-order valence-corrected chi connectivity index (χ4v) is 3.03. The molecule has 0 aliphatic carbocycles. The van der Waals surface area contributed by atoms with E-state index in [0.717, 1.165) is 35.1 Å². The van der Waals surface area contributed by atoms with Crippen LogP contribution in [0.1, 0.15) is 12.0 Å². The van der Waals surface area contributed by atoms with E-state index in [1.54, 1.807) is 19.1 Å². The monoisotopic (exact) mass is 382 g/mol. The fourth-order valence-electron chi connectivity index (χ4n) is 3.03. The molecular weight excluding hydrogens is 356 g/mol. The van der Waals surface area contributed by atoms with Crippen LogP contribution in [0.4, 0.5) is 5.69 Å². The first-order chi connectivity index (χ1) is 13.7. The molecule has 7 heteroatoms. The Hall–Kier alpha value is -3.22. The van der Waals surface area contributed by atoms with Crippen molar-refractivity contribution in [2.45, 2.75) is 13.0 Å². The maximum absolute atomic E-state index is 12.2. The Morgan fingerprint density at radius 2 is 2.07 bits per heavy atom. The lowest BCUT2D eigenvalue weighted by molar-refractivity contribution is -0.121. The number of carbonyl (C=O) groups excluding carboxylic acids is 1. The van der Waals surface area contributed by atoms with E-state index < -0.39 is 0 Å². The second-order valence-electron chi connectivity index (χ2n) is 6.36. The van der Waals surface area contributed by atoms with Crippen molar-refractivity contribution in [2.24, 2.45) is 4.99 Å². The molecule has 148 valence electrons. The number of fused-ring (bicyclic) bond motifs is 1. The van der Waals surface area contributed by atoms with Gasteiger partial charge in [0.2, 0.25) is 0 Å². The van der Waals surface area contributed by atoms with Gasteiger partial charge in [0.1, 0.15) is 11.5 Å². The molecule has 1 aliphatic heterocycles. The zero-order valence-electron chi connectivity index (χ0n) is 16.3. The normalized spacial score (nSPS) is 13.6. The molecule has 0 spiro atoms. The molecule has 3 rings (SSSR count). The minimum absolute atomic E-state index is 0.0146. The van der Waals surface area contributed by atoms with Crippen molar-refractivity contribution in [3.8, 4) is 11.5 Å². The maximum Gasteiger partial charge on any atom is 0.265 e. The number of ether oxygens (including phenoxy) is 2. The highest BCUT2D eigenvalue weighted by Crippen LogP contribution is 2.31. The molecule has 1 heterocycles. The Morgan fingerprint density at radius 1 is 1.21 bits per heavy atom. The Balaban J connectivity index is 1.45. The third-order valence-electron chi connectivity index (χ3n) is 4.48. The van der Waals surface area contributed by atoms with Crippen molar-refractivity contribution < 1.29 is 14.3 Å². The summed E-state index contributed by atoms with van der Waals surface area (Å²) >= 11 is 0. The number of para-hydroxylation sites is 2. The number of carbonyl (C=O) groups is 1. The number of anilines is 1. The minimum Gasteiger partial charge on any atom is -0.497 e. The number of nitrogens with zero attached hydrogens (tertiary/aromatic N) is 2. The van der Waals surface area contributed by atoms with Crippen LogP contribution in [0.25, 0.3) is 0 Å². The summed E-state index contributed by atoms with van der Waals surface area (Å²) in [6.07, 6.45) is 0.792. The van der Waals surface area contributed by atoms with E-state index in [9.17, 15) is 4.79 Å². The summed E-state index contributed by atoms with van der Waals surface area (Å²) in [7, 11) is 3.40. The molecule has 7 nitrogen and oxygen atoms in total. The van der Waals surface area contributed by atoms with Crippen molar-refractivity contribution >= 4 is 17.6 Å². The van der Waals surface area contributed by atoms with E-state index in [1.165, 1.54) is 0 Å². The summed E-state index contributed by atoms with van der Waals surface area (Å²) in [5.74, 6) is 2.29. The van der Waals surface area contributed by atoms with Gasteiger partial charge in [-0.05, 0) is 36.2 Å². The number of guanidine groups is 1. The van der Waals surface area contributed by atoms with Gasteiger partial charge in [0.15, 0.2) is 12.6 Å². The number of hydrogen-bond acceptors (Lipinski definition) is 4. The highest BCUT2D eigenvalue weighted by molar-refractivity contribution is 5.97. The Bertz CT molecular complexity index is 838. The second-order valence-corrected chi connectivity index (χ2v) is 6.36. The van der Waals surface area contributed by atoms with Gasteiger partial charge in [-0.2, -0.15) is 0 Å². The Labute approximate surface area is 165 Å². The van der Waals surface area contributed by atoms with Gasteiger partial charge in [-0.3, -0.25) is 9.79 Å². The fraction of sp³-hybridized carbons (Fsp3) is 0.333. The average Bonchev–Trinajstić information content (AvgIpc) is 2.74. The first kappa shape index (κ1) is 19.5. The van der Waals surface area contributed by atoms with E-state index in [2.05, 4.69) is 15.6 Å². The molecule has 0 radical (unpaired) electrons. The predicted molar refractivity (Wildman–Crippen MR) is 110 cm³/mol. The third-order valence-corrected chi connectivity index (χ3v) is 4.48. The molecule has 0 atom stereocenters. The summed E-state index contributed by atoms with van der Waals surface area (Å²) in [5.41, 5.74) is 1.94.